The number of aromatic hydroxyl groups is 1. The normalized spacial score (nSPS) is 15.8. The van der Waals surface area contributed by atoms with Gasteiger partial charge in [0.15, 0.2) is 0 Å². The highest BCUT2D eigenvalue weighted by Crippen LogP contribution is 2.21. The van der Waals surface area contributed by atoms with Crippen LogP contribution >= 0.6 is 0 Å². The van der Waals surface area contributed by atoms with Gasteiger partial charge in [0.25, 0.3) is 0 Å². The van der Waals surface area contributed by atoms with Crippen molar-refractivity contribution in [2.24, 2.45) is 0 Å². The van der Waals surface area contributed by atoms with Crippen LogP contribution < -0.4 is 10.1 Å². The molecule has 1 aromatic carbocycles. The summed E-state index contributed by atoms with van der Waals surface area (Å²) >= 11 is 0. The fourth-order valence-electron chi connectivity index (χ4n) is 2.18. The quantitative estimate of drug-likeness (QED) is 0.660. The largest absolute Gasteiger partial charge is 0.508 e. The predicted octanol–water partition coefficient (Wildman–Crippen LogP) is 2.07. The monoisotopic (exact) mass is 320 g/mol. The first-order valence-corrected chi connectivity index (χ1v) is 7.47. The molecule has 0 saturated carbocycles. The Hall–Kier alpha value is -2.61. The second-order valence-electron chi connectivity index (χ2n) is 4.85. The number of benzene rings is 1. The number of fused-ring (bicyclic) bond motifs is 1. The van der Waals surface area contributed by atoms with Gasteiger partial charge in [-0.1, -0.05) is 26.0 Å². The lowest BCUT2D eigenvalue weighted by molar-refractivity contribution is -0.389. The highest BCUT2D eigenvalue weighted by Gasteiger charge is 2.27. The van der Waals surface area contributed by atoms with Crippen LogP contribution in [-0.4, -0.2) is 32.2 Å². The van der Waals surface area contributed by atoms with E-state index >= 15 is 0 Å². The number of aromatic nitrogens is 2. The van der Waals surface area contributed by atoms with E-state index in [0.717, 1.165) is 5.56 Å². The van der Waals surface area contributed by atoms with E-state index in [1.165, 1.54) is 6.20 Å². The third-order valence-electron chi connectivity index (χ3n) is 3.28. The minimum absolute atomic E-state index is 0.0418. The van der Waals surface area contributed by atoms with Gasteiger partial charge in [0.05, 0.1) is 6.04 Å². The lowest BCUT2D eigenvalue weighted by Gasteiger charge is -2.23. The Morgan fingerprint density at radius 3 is 2.78 bits per heavy atom. The summed E-state index contributed by atoms with van der Waals surface area (Å²) in [7, 11) is 0. The molecule has 0 bridgehead atoms. The van der Waals surface area contributed by atoms with Crippen molar-refractivity contribution in [2.75, 3.05) is 6.61 Å². The van der Waals surface area contributed by atoms with E-state index in [0.29, 0.717) is 19.7 Å². The smallest absolute Gasteiger partial charge is 0.414 e. The van der Waals surface area contributed by atoms with E-state index in [4.69, 9.17) is 4.74 Å². The summed E-state index contributed by atoms with van der Waals surface area (Å²) in [6.07, 6.45) is 1.38. The lowest BCUT2D eigenvalue weighted by atomic mass is 10.2. The summed E-state index contributed by atoms with van der Waals surface area (Å²) in [6.45, 7) is 5.60. The van der Waals surface area contributed by atoms with Gasteiger partial charge in [-0.25, -0.2) is 0 Å². The van der Waals surface area contributed by atoms with E-state index in [2.05, 4.69) is 10.3 Å². The number of phenols is 1. The van der Waals surface area contributed by atoms with Gasteiger partial charge in [0, 0.05) is 18.1 Å². The maximum Gasteiger partial charge on any atom is 0.414 e. The molecule has 0 fully saturated rings. The number of imidazole rings is 1. The van der Waals surface area contributed by atoms with Gasteiger partial charge in [-0.3, -0.25) is 4.57 Å². The zero-order valence-corrected chi connectivity index (χ0v) is 13.1. The van der Waals surface area contributed by atoms with E-state index < -0.39 is 4.92 Å². The highest BCUT2D eigenvalue weighted by atomic mass is 16.6. The van der Waals surface area contributed by atoms with Gasteiger partial charge in [-0.05, 0) is 22.6 Å². The van der Waals surface area contributed by atoms with Crippen LogP contribution in [0.15, 0.2) is 30.5 Å². The maximum atomic E-state index is 10.7. The molecule has 0 radical (unpaired) electrons. The molecule has 2 aromatic rings. The van der Waals surface area contributed by atoms with Crippen LogP contribution in [0.3, 0.4) is 0 Å². The van der Waals surface area contributed by atoms with Crippen molar-refractivity contribution in [1.29, 1.82) is 0 Å². The fourth-order valence-corrected chi connectivity index (χ4v) is 2.18. The van der Waals surface area contributed by atoms with Crippen LogP contribution in [0.5, 0.6) is 11.8 Å². The molecule has 0 saturated heterocycles. The number of nitro groups is 1. The maximum absolute atomic E-state index is 10.7. The minimum atomic E-state index is -0.534. The minimum Gasteiger partial charge on any atom is -0.508 e. The predicted molar refractivity (Wildman–Crippen MR) is 84.5 cm³/mol. The molecule has 1 aliphatic rings. The number of hydrogen-bond acceptors (Lipinski definition) is 6. The SMILES string of the molecule is CC.O=[N+]([O-])c1cn2c(n1)OCC(NCc1ccc(O)cc1)C2. The van der Waals surface area contributed by atoms with E-state index in [1.54, 1.807) is 16.7 Å². The molecule has 1 aromatic heterocycles. The van der Waals surface area contributed by atoms with Crippen molar-refractivity contribution in [3.05, 3.63) is 46.1 Å². The molecule has 124 valence electrons. The molecule has 0 amide bonds. The zero-order chi connectivity index (χ0) is 16.8. The molecule has 2 heterocycles. The van der Waals surface area contributed by atoms with Crippen LogP contribution in [0, 0.1) is 10.1 Å². The van der Waals surface area contributed by atoms with Crippen LogP contribution in [0.25, 0.3) is 0 Å². The Bertz CT molecular complexity index is 654. The Morgan fingerprint density at radius 1 is 1.43 bits per heavy atom. The van der Waals surface area contributed by atoms with Gasteiger partial charge in [0.1, 0.15) is 18.6 Å². The molecule has 1 atom stereocenters. The number of nitrogens with one attached hydrogen (secondary N) is 1. The zero-order valence-electron chi connectivity index (χ0n) is 13.1. The molecule has 23 heavy (non-hydrogen) atoms. The average Bonchev–Trinajstić information content (AvgIpc) is 3.00. The first-order valence-electron chi connectivity index (χ1n) is 7.47. The van der Waals surface area contributed by atoms with Gasteiger partial charge in [-0.2, -0.15) is 0 Å². The molecular weight excluding hydrogens is 300 g/mol. The summed E-state index contributed by atoms with van der Waals surface area (Å²) in [5.74, 6) is 0.0271. The van der Waals surface area contributed by atoms with Crippen LogP contribution in [0.4, 0.5) is 5.82 Å². The lowest BCUT2D eigenvalue weighted by Crippen LogP contribution is -2.41. The van der Waals surface area contributed by atoms with E-state index in [9.17, 15) is 15.2 Å². The summed E-state index contributed by atoms with van der Waals surface area (Å²) in [4.78, 5) is 13.9. The molecule has 8 nitrogen and oxygen atoms in total. The van der Waals surface area contributed by atoms with Crippen LogP contribution in [0.1, 0.15) is 19.4 Å². The van der Waals surface area contributed by atoms with Crippen LogP contribution in [-0.2, 0) is 13.1 Å². The summed E-state index contributed by atoms with van der Waals surface area (Å²) in [5, 5.41) is 23.2. The number of phenolic OH excluding ortho intramolecular Hbond substituents is 1. The third kappa shape index (κ3) is 4.19. The molecule has 3 rings (SSSR count). The standard InChI is InChI=1S/C13H14N4O4.C2H6/c18-11-3-1-9(2-4-11)5-14-10-6-16-7-12(17(19)20)15-13(16)21-8-10;1-2/h1-4,7,10,14,18H,5-6,8H2;1-2H3. The molecule has 0 spiro atoms. The second kappa shape index (κ2) is 7.59. The fraction of sp³-hybridized carbons (Fsp3) is 0.400. The molecule has 2 N–H and O–H groups in total. The molecule has 1 unspecified atom stereocenters. The van der Waals surface area contributed by atoms with Crippen molar-refractivity contribution in [2.45, 2.75) is 33.0 Å². The first-order chi connectivity index (χ1) is 11.1. The van der Waals surface area contributed by atoms with E-state index in [1.807, 2.05) is 26.0 Å². The second-order valence-corrected chi connectivity index (χ2v) is 4.85. The summed E-state index contributed by atoms with van der Waals surface area (Å²) in [6, 6.07) is 7.25. The van der Waals surface area contributed by atoms with Gasteiger partial charge in [-0.15, -0.1) is 0 Å². The molecule has 1 aliphatic heterocycles. The summed E-state index contributed by atoms with van der Waals surface area (Å²) in [5.41, 5.74) is 1.04. The Labute approximate surface area is 133 Å². The van der Waals surface area contributed by atoms with Crippen molar-refractivity contribution >= 4 is 5.82 Å². The molecule has 8 heteroatoms. The number of ether oxygens (including phenoxy) is 1. The third-order valence-corrected chi connectivity index (χ3v) is 3.28. The van der Waals surface area contributed by atoms with Gasteiger partial charge in [0.2, 0.25) is 0 Å². The van der Waals surface area contributed by atoms with Gasteiger partial charge >= 0.3 is 11.8 Å². The van der Waals surface area contributed by atoms with Gasteiger partial charge < -0.3 is 25.3 Å². The van der Waals surface area contributed by atoms with Crippen molar-refractivity contribution in [1.82, 2.24) is 14.9 Å². The molecule has 0 aliphatic carbocycles. The topological polar surface area (TPSA) is 102 Å². The Balaban J connectivity index is 0.000000924. The van der Waals surface area contributed by atoms with Crippen LogP contribution in [0.2, 0.25) is 0 Å². The molecular formula is C15H20N4O4. The number of nitrogens with zero attached hydrogens (tertiary/aromatic N) is 3. The summed E-state index contributed by atoms with van der Waals surface area (Å²) < 4.78 is 7.05. The number of rotatable bonds is 4. The van der Waals surface area contributed by atoms with E-state index in [-0.39, 0.29) is 23.6 Å². The van der Waals surface area contributed by atoms with Crippen molar-refractivity contribution in [3.63, 3.8) is 0 Å². The average molecular weight is 320 g/mol. The Kier molecular flexibility index (Phi) is 5.53. The number of hydrogen-bond donors (Lipinski definition) is 2. The van der Waals surface area contributed by atoms with Crippen molar-refractivity contribution < 1.29 is 14.8 Å². The first kappa shape index (κ1) is 16.8. The Morgan fingerprint density at radius 2 is 2.13 bits per heavy atom. The van der Waals surface area contributed by atoms with Crippen molar-refractivity contribution in [3.8, 4) is 11.8 Å². The highest BCUT2D eigenvalue weighted by molar-refractivity contribution is 5.26.